The lowest BCUT2D eigenvalue weighted by Crippen LogP contribution is -2.34. The molecule has 0 aromatic heterocycles. The number of hydrogen-bond acceptors (Lipinski definition) is 3. The van der Waals surface area contributed by atoms with Crippen LogP contribution in [0.2, 0.25) is 0 Å². The smallest absolute Gasteiger partial charge is 0.251 e. The number of nitrogens with one attached hydrogen (secondary N) is 1. The van der Waals surface area contributed by atoms with E-state index in [0.29, 0.717) is 11.5 Å². The molecule has 0 radical (unpaired) electrons. The monoisotopic (exact) mass is 296 g/mol. The van der Waals surface area contributed by atoms with E-state index in [1.807, 2.05) is 6.92 Å². The van der Waals surface area contributed by atoms with Gasteiger partial charge in [-0.15, -0.1) is 0 Å². The van der Waals surface area contributed by atoms with E-state index in [1.54, 1.807) is 12.1 Å². The van der Waals surface area contributed by atoms with Gasteiger partial charge in [-0.1, -0.05) is 6.07 Å². The molecule has 1 saturated carbocycles. The second-order valence-electron chi connectivity index (χ2n) is 5.41. The zero-order chi connectivity index (χ0) is 14.9. The molecule has 110 valence electrons. The highest BCUT2D eigenvalue weighted by Crippen LogP contribution is 2.32. The fourth-order valence-electron chi connectivity index (χ4n) is 2.01. The maximum Gasteiger partial charge on any atom is 0.251 e. The number of amides is 1. The first-order chi connectivity index (χ1) is 9.32. The van der Waals surface area contributed by atoms with Gasteiger partial charge in [0, 0.05) is 25.7 Å². The lowest BCUT2D eigenvalue weighted by molar-refractivity contribution is 0.0935. The summed E-state index contributed by atoms with van der Waals surface area (Å²) in [5.74, 6) is 0.341. The molecule has 1 aromatic carbocycles. The molecule has 6 heteroatoms. The Bertz CT molecular complexity index is 607. The Morgan fingerprint density at radius 1 is 1.35 bits per heavy atom. The third-order valence-electron chi connectivity index (χ3n) is 3.56. The highest BCUT2D eigenvalue weighted by molar-refractivity contribution is 7.89. The van der Waals surface area contributed by atoms with Crippen LogP contribution < -0.4 is 5.32 Å². The molecule has 1 aliphatic rings. The molecule has 1 N–H and O–H groups in total. The van der Waals surface area contributed by atoms with Crippen LogP contribution in [0.1, 0.15) is 30.1 Å². The first kappa shape index (κ1) is 15.0. The van der Waals surface area contributed by atoms with Gasteiger partial charge in [0.05, 0.1) is 4.90 Å². The lowest BCUT2D eigenvalue weighted by atomic mass is 10.1. The summed E-state index contributed by atoms with van der Waals surface area (Å²) in [4.78, 5) is 12.3. The van der Waals surface area contributed by atoms with Gasteiger partial charge in [-0.3, -0.25) is 4.79 Å². The summed E-state index contributed by atoms with van der Waals surface area (Å²) in [5, 5.41) is 2.92. The van der Waals surface area contributed by atoms with E-state index in [-0.39, 0.29) is 16.8 Å². The quantitative estimate of drug-likeness (QED) is 0.894. The van der Waals surface area contributed by atoms with Crippen molar-refractivity contribution in [3.8, 4) is 0 Å². The average Bonchev–Trinajstić information content (AvgIpc) is 3.22. The SMILES string of the molecule is CC(NC(=O)c1cccc(S(=O)(=O)N(C)C)c1)C1CC1. The van der Waals surface area contributed by atoms with Gasteiger partial charge in [0.15, 0.2) is 0 Å². The minimum Gasteiger partial charge on any atom is -0.349 e. The van der Waals surface area contributed by atoms with Gasteiger partial charge in [0.2, 0.25) is 10.0 Å². The Labute approximate surface area is 120 Å². The summed E-state index contributed by atoms with van der Waals surface area (Å²) in [6.45, 7) is 1.98. The molecule has 0 aliphatic heterocycles. The van der Waals surface area contributed by atoms with E-state index in [2.05, 4.69) is 5.32 Å². The van der Waals surface area contributed by atoms with Gasteiger partial charge in [-0.25, -0.2) is 12.7 Å². The number of sulfonamides is 1. The number of benzene rings is 1. The summed E-state index contributed by atoms with van der Waals surface area (Å²) >= 11 is 0. The molecule has 1 fully saturated rings. The lowest BCUT2D eigenvalue weighted by Gasteiger charge is -2.14. The molecule has 1 aromatic rings. The highest BCUT2D eigenvalue weighted by atomic mass is 32.2. The van der Waals surface area contributed by atoms with Crippen molar-refractivity contribution in [1.29, 1.82) is 0 Å². The van der Waals surface area contributed by atoms with E-state index in [9.17, 15) is 13.2 Å². The van der Waals surface area contributed by atoms with Crippen molar-refractivity contribution in [3.05, 3.63) is 29.8 Å². The standard InChI is InChI=1S/C14H20N2O3S/c1-10(11-7-8-11)15-14(17)12-5-4-6-13(9-12)20(18,19)16(2)3/h4-6,9-11H,7-8H2,1-3H3,(H,15,17). The number of hydrogen-bond donors (Lipinski definition) is 1. The summed E-state index contributed by atoms with van der Waals surface area (Å²) in [6.07, 6.45) is 2.30. The van der Waals surface area contributed by atoms with Crippen molar-refractivity contribution in [3.63, 3.8) is 0 Å². The van der Waals surface area contributed by atoms with E-state index >= 15 is 0 Å². The zero-order valence-electron chi connectivity index (χ0n) is 12.0. The molecular weight excluding hydrogens is 276 g/mol. The topological polar surface area (TPSA) is 66.5 Å². The van der Waals surface area contributed by atoms with Crippen molar-refractivity contribution in [1.82, 2.24) is 9.62 Å². The number of carbonyl (C=O) groups excluding carboxylic acids is 1. The first-order valence-electron chi connectivity index (χ1n) is 6.66. The molecular formula is C14H20N2O3S. The number of nitrogens with zero attached hydrogens (tertiary/aromatic N) is 1. The van der Waals surface area contributed by atoms with Crippen molar-refractivity contribution >= 4 is 15.9 Å². The largest absolute Gasteiger partial charge is 0.349 e. The second-order valence-corrected chi connectivity index (χ2v) is 7.57. The van der Waals surface area contributed by atoms with Crippen LogP contribution in [0.25, 0.3) is 0 Å². The van der Waals surface area contributed by atoms with E-state index in [1.165, 1.54) is 26.2 Å². The van der Waals surface area contributed by atoms with Gasteiger partial charge in [-0.05, 0) is 43.9 Å². The predicted molar refractivity (Wildman–Crippen MR) is 77.0 cm³/mol. The van der Waals surface area contributed by atoms with Crippen LogP contribution in [-0.4, -0.2) is 38.8 Å². The Kier molecular flexibility index (Phi) is 4.15. The van der Waals surface area contributed by atoms with E-state index in [4.69, 9.17) is 0 Å². The van der Waals surface area contributed by atoms with Gasteiger partial charge in [0.25, 0.3) is 5.91 Å². The normalized spacial score (nSPS) is 17.0. The predicted octanol–water partition coefficient (Wildman–Crippen LogP) is 1.47. The first-order valence-corrected chi connectivity index (χ1v) is 8.10. The van der Waals surface area contributed by atoms with Crippen LogP contribution in [0.4, 0.5) is 0 Å². The molecule has 5 nitrogen and oxygen atoms in total. The van der Waals surface area contributed by atoms with Crippen LogP contribution in [0, 0.1) is 5.92 Å². The van der Waals surface area contributed by atoms with E-state index < -0.39 is 10.0 Å². The van der Waals surface area contributed by atoms with Crippen molar-refractivity contribution in [2.24, 2.45) is 5.92 Å². The molecule has 0 spiro atoms. The molecule has 1 aliphatic carbocycles. The van der Waals surface area contributed by atoms with Gasteiger partial charge in [-0.2, -0.15) is 0 Å². The molecule has 20 heavy (non-hydrogen) atoms. The van der Waals surface area contributed by atoms with Gasteiger partial charge < -0.3 is 5.32 Å². The van der Waals surface area contributed by atoms with Crippen LogP contribution in [0.15, 0.2) is 29.2 Å². The highest BCUT2D eigenvalue weighted by Gasteiger charge is 2.29. The van der Waals surface area contributed by atoms with E-state index in [0.717, 1.165) is 17.1 Å². The zero-order valence-corrected chi connectivity index (χ0v) is 12.8. The van der Waals surface area contributed by atoms with Gasteiger partial charge in [0.1, 0.15) is 0 Å². The summed E-state index contributed by atoms with van der Waals surface area (Å²) in [6, 6.07) is 6.27. The van der Waals surface area contributed by atoms with Crippen LogP contribution in [-0.2, 0) is 10.0 Å². The molecule has 0 bridgehead atoms. The minimum absolute atomic E-state index is 0.134. The Morgan fingerprint density at radius 3 is 2.55 bits per heavy atom. The Morgan fingerprint density at radius 2 is 2.00 bits per heavy atom. The van der Waals surface area contributed by atoms with Gasteiger partial charge >= 0.3 is 0 Å². The third kappa shape index (κ3) is 3.19. The third-order valence-corrected chi connectivity index (χ3v) is 5.37. The molecule has 2 rings (SSSR count). The summed E-state index contributed by atoms with van der Waals surface area (Å²) in [5.41, 5.74) is 0.375. The maximum absolute atomic E-state index is 12.1. The summed E-state index contributed by atoms with van der Waals surface area (Å²) < 4.78 is 25.2. The van der Waals surface area contributed by atoms with Crippen LogP contribution in [0.5, 0.6) is 0 Å². The van der Waals surface area contributed by atoms with Crippen molar-refractivity contribution < 1.29 is 13.2 Å². The van der Waals surface area contributed by atoms with Crippen molar-refractivity contribution in [2.45, 2.75) is 30.7 Å². The maximum atomic E-state index is 12.1. The molecule has 1 unspecified atom stereocenters. The molecule has 0 heterocycles. The number of carbonyl (C=O) groups is 1. The van der Waals surface area contributed by atoms with Crippen molar-refractivity contribution in [2.75, 3.05) is 14.1 Å². The molecule has 0 saturated heterocycles. The molecule has 1 amide bonds. The number of rotatable bonds is 5. The molecule has 1 atom stereocenters. The summed E-state index contributed by atoms with van der Waals surface area (Å²) in [7, 11) is -0.573. The minimum atomic E-state index is -3.51. The Hall–Kier alpha value is -1.40. The fourth-order valence-corrected chi connectivity index (χ4v) is 2.96. The average molecular weight is 296 g/mol. The van der Waals surface area contributed by atoms with Crippen LogP contribution >= 0.6 is 0 Å². The van der Waals surface area contributed by atoms with Crippen LogP contribution in [0.3, 0.4) is 0 Å². The Balaban J connectivity index is 2.19. The second kappa shape index (κ2) is 5.54. The fraction of sp³-hybridized carbons (Fsp3) is 0.500.